The molecule has 4 rings (SSSR count). The molecule has 0 radical (unpaired) electrons. The van der Waals surface area contributed by atoms with Gasteiger partial charge in [-0.1, -0.05) is 12.1 Å². The zero-order chi connectivity index (χ0) is 18.8. The number of ether oxygens (including phenoxy) is 1. The van der Waals surface area contributed by atoms with Crippen molar-refractivity contribution < 1.29 is 9.53 Å². The predicted octanol–water partition coefficient (Wildman–Crippen LogP) is 2.54. The minimum absolute atomic E-state index is 0.0766. The van der Waals surface area contributed by atoms with Gasteiger partial charge >= 0.3 is 0 Å². The molecule has 1 amide bonds. The second-order valence-electron chi connectivity index (χ2n) is 6.72. The van der Waals surface area contributed by atoms with Crippen LogP contribution in [0.15, 0.2) is 47.1 Å². The summed E-state index contributed by atoms with van der Waals surface area (Å²) < 4.78 is 5.00. The highest BCUT2D eigenvalue weighted by Crippen LogP contribution is 2.40. The van der Waals surface area contributed by atoms with Gasteiger partial charge in [0, 0.05) is 62.1 Å². The van der Waals surface area contributed by atoms with Gasteiger partial charge in [0.2, 0.25) is 0 Å². The van der Waals surface area contributed by atoms with E-state index in [2.05, 4.69) is 31.8 Å². The number of methoxy groups -OCH3 is 1. The van der Waals surface area contributed by atoms with Gasteiger partial charge in [-0.25, -0.2) is 10.0 Å². The Hall–Kier alpha value is -2.90. The number of hydrazine groups is 1. The topological polar surface area (TPSA) is 81.7 Å². The number of carbonyl (C=O) groups excluding carboxylic acids is 1. The number of benzene rings is 1. The number of aliphatic imine (C=N–C) groups is 1. The molecule has 0 fully saturated rings. The van der Waals surface area contributed by atoms with Crippen LogP contribution in [-0.4, -0.2) is 49.4 Å². The van der Waals surface area contributed by atoms with E-state index in [4.69, 9.17) is 4.74 Å². The Morgan fingerprint density at radius 1 is 1.37 bits per heavy atom. The van der Waals surface area contributed by atoms with Crippen LogP contribution in [-0.2, 0) is 4.74 Å². The summed E-state index contributed by atoms with van der Waals surface area (Å²) in [4.78, 5) is 20.3. The van der Waals surface area contributed by atoms with Gasteiger partial charge in [0.05, 0.1) is 6.04 Å². The molecule has 0 spiro atoms. The normalized spacial score (nSPS) is 17.9. The zero-order valence-electron chi connectivity index (χ0n) is 15.5. The average Bonchev–Trinajstić information content (AvgIpc) is 3.28. The van der Waals surface area contributed by atoms with Gasteiger partial charge in [-0.15, -0.1) is 0 Å². The lowest BCUT2D eigenvalue weighted by molar-refractivity contribution is 0.0948. The van der Waals surface area contributed by atoms with Crippen LogP contribution in [0.2, 0.25) is 0 Å². The number of aromatic amines is 1. The van der Waals surface area contributed by atoms with Crippen LogP contribution < -0.4 is 10.7 Å². The van der Waals surface area contributed by atoms with Gasteiger partial charge in [0.25, 0.3) is 5.91 Å². The van der Waals surface area contributed by atoms with Crippen LogP contribution in [0.25, 0.3) is 11.3 Å². The summed E-state index contributed by atoms with van der Waals surface area (Å²) in [5.74, 6) is 0.782. The van der Waals surface area contributed by atoms with Crippen molar-refractivity contribution >= 4 is 17.9 Å². The minimum atomic E-state index is -0.0766. The first-order chi connectivity index (χ1) is 13.2. The molecule has 2 aliphatic heterocycles. The summed E-state index contributed by atoms with van der Waals surface area (Å²) in [5, 5.41) is 4.98. The molecule has 0 saturated heterocycles. The number of H-pyrrole nitrogens is 1. The maximum Gasteiger partial charge on any atom is 0.251 e. The Morgan fingerprint density at radius 3 is 3.11 bits per heavy atom. The lowest BCUT2D eigenvalue weighted by atomic mass is 9.99. The highest BCUT2D eigenvalue weighted by molar-refractivity contribution is 5.95. The fourth-order valence-corrected chi connectivity index (χ4v) is 3.47. The molecule has 0 aliphatic carbocycles. The number of hydrogen-bond donors (Lipinski definition) is 3. The number of fused-ring (bicyclic) bond motifs is 3. The third kappa shape index (κ3) is 3.39. The minimum Gasteiger partial charge on any atom is -0.385 e. The van der Waals surface area contributed by atoms with Gasteiger partial charge in [-0.3, -0.25) is 4.79 Å². The smallest absolute Gasteiger partial charge is 0.251 e. The molecule has 7 nitrogen and oxygen atoms in total. The van der Waals surface area contributed by atoms with Crippen molar-refractivity contribution in [3.63, 3.8) is 0 Å². The van der Waals surface area contributed by atoms with Crippen molar-refractivity contribution in [1.82, 2.24) is 20.7 Å². The van der Waals surface area contributed by atoms with E-state index in [1.165, 1.54) is 0 Å². The van der Waals surface area contributed by atoms with Gasteiger partial charge in [-0.2, -0.15) is 0 Å². The molecule has 3 N–H and O–H groups in total. The van der Waals surface area contributed by atoms with Crippen molar-refractivity contribution in [2.45, 2.75) is 12.5 Å². The quantitative estimate of drug-likeness (QED) is 0.687. The molecule has 1 unspecified atom stereocenters. The van der Waals surface area contributed by atoms with Crippen molar-refractivity contribution in [3.05, 3.63) is 53.2 Å². The molecule has 2 aromatic rings. The molecule has 2 aliphatic rings. The van der Waals surface area contributed by atoms with Crippen LogP contribution in [0.4, 0.5) is 5.82 Å². The Bertz CT molecular complexity index is 915. The number of amides is 1. The zero-order valence-corrected chi connectivity index (χ0v) is 15.5. The summed E-state index contributed by atoms with van der Waals surface area (Å²) in [5.41, 5.74) is 8.03. The maximum atomic E-state index is 12.4. The molecule has 0 bridgehead atoms. The maximum absolute atomic E-state index is 12.4. The van der Waals surface area contributed by atoms with E-state index in [-0.39, 0.29) is 11.9 Å². The molecule has 140 valence electrons. The lowest BCUT2D eigenvalue weighted by Gasteiger charge is -2.23. The number of likely N-dealkylation sites (N-methyl/N-ethyl adjacent to an activating group) is 1. The second-order valence-corrected chi connectivity index (χ2v) is 6.72. The van der Waals surface area contributed by atoms with Crippen molar-refractivity contribution in [2.24, 2.45) is 4.99 Å². The molecule has 3 heterocycles. The van der Waals surface area contributed by atoms with Gasteiger partial charge < -0.3 is 20.5 Å². The van der Waals surface area contributed by atoms with Crippen molar-refractivity contribution in [2.75, 3.05) is 27.3 Å². The monoisotopic (exact) mass is 365 g/mol. The molecule has 1 aromatic carbocycles. The Labute approximate surface area is 158 Å². The molecule has 1 aromatic heterocycles. The van der Waals surface area contributed by atoms with Gasteiger partial charge in [0.15, 0.2) is 0 Å². The molecule has 27 heavy (non-hydrogen) atoms. The number of nitrogens with one attached hydrogen (secondary N) is 3. The van der Waals surface area contributed by atoms with E-state index in [0.717, 1.165) is 34.6 Å². The summed E-state index contributed by atoms with van der Waals surface area (Å²) in [7, 11) is 3.67. The number of nitrogens with zero attached hydrogens (tertiary/aromatic N) is 2. The SMILES string of the molecule is COCCCNC(=O)c1cccc(-c2cc3c([nH]2)N=CC2=CNN(C)C23)c1. The summed E-state index contributed by atoms with van der Waals surface area (Å²) >= 11 is 0. The van der Waals surface area contributed by atoms with E-state index >= 15 is 0 Å². The Kier molecular flexibility index (Phi) is 4.79. The first kappa shape index (κ1) is 17.5. The van der Waals surface area contributed by atoms with Crippen LogP contribution >= 0.6 is 0 Å². The fourth-order valence-electron chi connectivity index (χ4n) is 3.47. The number of aromatic nitrogens is 1. The van der Waals surface area contributed by atoms with Gasteiger partial charge in [0.1, 0.15) is 5.82 Å². The van der Waals surface area contributed by atoms with E-state index in [1.54, 1.807) is 7.11 Å². The highest BCUT2D eigenvalue weighted by atomic mass is 16.5. The summed E-state index contributed by atoms with van der Waals surface area (Å²) in [6.07, 6.45) is 4.65. The third-order valence-corrected chi connectivity index (χ3v) is 4.85. The van der Waals surface area contributed by atoms with Crippen LogP contribution in [0, 0.1) is 0 Å². The summed E-state index contributed by atoms with van der Waals surface area (Å²) in [6.45, 7) is 1.23. The average molecular weight is 365 g/mol. The van der Waals surface area contributed by atoms with E-state index in [9.17, 15) is 4.79 Å². The number of carbonyl (C=O) groups is 1. The van der Waals surface area contributed by atoms with Crippen LogP contribution in [0.3, 0.4) is 0 Å². The Morgan fingerprint density at radius 2 is 2.26 bits per heavy atom. The third-order valence-electron chi connectivity index (χ3n) is 4.85. The molecular formula is C20H23N5O2. The standard InChI is InChI=1S/C20H23N5O2/c1-25-18-15(12-23-25)11-22-19-16(18)10-17(24-19)13-5-3-6-14(9-13)20(26)21-7-4-8-27-2/h3,5-6,9-12,18,23-24H,4,7-8H2,1-2H3,(H,21,26). The Balaban J connectivity index is 1.55. The fraction of sp³-hybridized carbons (Fsp3) is 0.300. The number of rotatable bonds is 6. The predicted molar refractivity (Wildman–Crippen MR) is 105 cm³/mol. The van der Waals surface area contributed by atoms with Crippen LogP contribution in [0.1, 0.15) is 28.4 Å². The summed E-state index contributed by atoms with van der Waals surface area (Å²) in [6, 6.07) is 9.89. The largest absolute Gasteiger partial charge is 0.385 e. The number of hydrogen-bond acceptors (Lipinski definition) is 5. The van der Waals surface area contributed by atoms with E-state index in [0.29, 0.717) is 18.7 Å². The second kappa shape index (κ2) is 7.38. The van der Waals surface area contributed by atoms with Crippen LogP contribution in [0.5, 0.6) is 0 Å². The highest BCUT2D eigenvalue weighted by Gasteiger charge is 2.31. The lowest BCUT2D eigenvalue weighted by Crippen LogP contribution is -2.29. The molecular weight excluding hydrogens is 342 g/mol. The van der Waals surface area contributed by atoms with Gasteiger partial charge in [-0.05, 0) is 30.2 Å². The first-order valence-electron chi connectivity index (χ1n) is 9.01. The first-order valence-corrected chi connectivity index (χ1v) is 9.01. The van der Waals surface area contributed by atoms with E-state index < -0.39 is 0 Å². The molecule has 0 saturated carbocycles. The van der Waals surface area contributed by atoms with Crippen molar-refractivity contribution in [1.29, 1.82) is 0 Å². The molecule has 1 atom stereocenters. The molecule has 7 heteroatoms. The van der Waals surface area contributed by atoms with E-state index in [1.807, 2.05) is 43.7 Å². The van der Waals surface area contributed by atoms with Crippen molar-refractivity contribution in [3.8, 4) is 11.3 Å².